The highest BCUT2D eigenvalue weighted by atomic mass is 16.7. The molecule has 1 aromatic carbocycles. The monoisotopic (exact) mass is 444 g/mol. The Morgan fingerprint density at radius 2 is 2.12 bits per heavy atom. The van der Waals surface area contributed by atoms with Crippen LogP contribution in [-0.2, 0) is 16.0 Å². The predicted octanol–water partition coefficient (Wildman–Crippen LogP) is 3.94. The second kappa shape index (κ2) is 9.74. The van der Waals surface area contributed by atoms with Crippen molar-refractivity contribution in [3.8, 4) is 11.8 Å². The van der Waals surface area contributed by atoms with Gasteiger partial charge < -0.3 is 19.8 Å². The van der Waals surface area contributed by atoms with Gasteiger partial charge in [-0.15, -0.1) is 0 Å². The van der Waals surface area contributed by atoms with E-state index in [0.717, 1.165) is 66.4 Å². The molecule has 2 aliphatic rings. The molecule has 1 unspecified atom stereocenters. The summed E-state index contributed by atoms with van der Waals surface area (Å²) in [5.41, 5.74) is 9.18. The normalized spacial score (nSPS) is 18.1. The quantitative estimate of drug-likeness (QED) is 0.438. The van der Waals surface area contributed by atoms with E-state index in [-0.39, 0.29) is 12.1 Å². The van der Waals surface area contributed by atoms with Crippen LogP contribution in [0.15, 0.2) is 36.8 Å². The molecular weight excluding hydrogens is 416 g/mol. The Hall–Kier alpha value is -3.21. The fourth-order valence-corrected chi connectivity index (χ4v) is 4.15. The zero-order valence-corrected chi connectivity index (χ0v) is 18.6. The van der Waals surface area contributed by atoms with Crippen LogP contribution >= 0.6 is 0 Å². The van der Waals surface area contributed by atoms with E-state index in [4.69, 9.17) is 15.2 Å². The highest BCUT2D eigenvalue weighted by Gasteiger charge is 2.24. The second-order valence-corrected chi connectivity index (χ2v) is 8.76. The van der Waals surface area contributed by atoms with Crippen molar-refractivity contribution >= 4 is 22.6 Å². The molecule has 1 aliphatic carbocycles. The number of nitrogen functional groups attached to an aromatic ring is 1. The van der Waals surface area contributed by atoms with E-state index in [2.05, 4.69) is 21.8 Å². The van der Waals surface area contributed by atoms with Crippen molar-refractivity contribution in [1.29, 1.82) is 0 Å². The zero-order valence-electron chi connectivity index (χ0n) is 18.6. The lowest BCUT2D eigenvalue weighted by molar-refractivity contribution is -0.163. The Morgan fingerprint density at radius 1 is 1.21 bits per heavy atom. The maximum atomic E-state index is 12.5. The first-order chi connectivity index (χ1) is 16.2. The van der Waals surface area contributed by atoms with Crippen LogP contribution in [0.5, 0.6) is 0 Å². The van der Waals surface area contributed by atoms with Gasteiger partial charge in [0.15, 0.2) is 12.1 Å². The van der Waals surface area contributed by atoms with Crippen LogP contribution in [0, 0.1) is 17.8 Å². The number of hydrogen-bond donors (Lipinski definition) is 1. The number of carbonyl (C=O) groups is 1. The Balaban J connectivity index is 1.35. The summed E-state index contributed by atoms with van der Waals surface area (Å²) in [7, 11) is 0. The summed E-state index contributed by atoms with van der Waals surface area (Å²) < 4.78 is 13.5. The molecule has 0 amide bonds. The first kappa shape index (κ1) is 21.6. The molecule has 0 bridgehead atoms. The third kappa shape index (κ3) is 5.24. The van der Waals surface area contributed by atoms with Crippen molar-refractivity contribution in [3.05, 3.63) is 53.5 Å². The Kier molecular flexibility index (Phi) is 6.38. The number of nitrogens with two attached hydrogens (primary N) is 1. The van der Waals surface area contributed by atoms with Crippen LogP contribution in [0.25, 0.3) is 11.0 Å². The van der Waals surface area contributed by atoms with Gasteiger partial charge in [0, 0.05) is 36.9 Å². The van der Waals surface area contributed by atoms with Gasteiger partial charge in [-0.05, 0) is 50.2 Å². The number of rotatable bonds is 7. The van der Waals surface area contributed by atoms with Gasteiger partial charge in [0.1, 0.15) is 17.8 Å². The van der Waals surface area contributed by atoms with E-state index in [1.54, 1.807) is 0 Å². The van der Waals surface area contributed by atoms with Gasteiger partial charge in [0.2, 0.25) is 0 Å². The number of nitrogens with zero attached hydrogens (tertiary/aromatic N) is 3. The molecule has 3 heterocycles. The molecule has 7 nitrogen and oxygen atoms in total. The second-order valence-electron chi connectivity index (χ2n) is 8.76. The molecule has 1 atom stereocenters. The lowest BCUT2D eigenvalue weighted by atomic mass is 10.0. The fourth-order valence-electron chi connectivity index (χ4n) is 4.15. The van der Waals surface area contributed by atoms with Crippen LogP contribution in [0.2, 0.25) is 0 Å². The molecule has 2 aromatic heterocycles. The summed E-state index contributed by atoms with van der Waals surface area (Å²) in [5, 5.41) is 0.736. The highest BCUT2D eigenvalue weighted by molar-refractivity contribution is 5.96. The van der Waals surface area contributed by atoms with Gasteiger partial charge in [-0.2, -0.15) is 0 Å². The van der Waals surface area contributed by atoms with E-state index in [1.165, 1.54) is 6.33 Å². The predicted molar refractivity (Wildman–Crippen MR) is 126 cm³/mol. The van der Waals surface area contributed by atoms with Crippen LogP contribution in [0.1, 0.15) is 60.0 Å². The summed E-state index contributed by atoms with van der Waals surface area (Å²) in [6, 6.07) is 7.53. The zero-order chi connectivity index (χ0) is 22.6. The van der Waals surface area contributed by atoms with Crippen molar-refractivity contribution in [1.82, 2.24) is 14.5 Å². The molecule has 2 fully saturated rings. The number of fused-ring (bicyclic) bond motifs is 1. The third-order valence-electron chi connectivity index (χ3n) is 6.15. The number of ether oxygens (including phenoxy) is 2. The topological polar surface area (TPSA) is 92.3 Å². The summed E-state index contributed by atoms with van der Waals surface area (Å²) in [5.74, 6) is 7.56. The molecule has 33 heavy (non-hydrogen) atoms. The first-order valence-corrected chi connectivity index (χ1v) is 11.6. The van der Waals surface area contributed by atoms with Gasteiger partial charge in [-0.25, -0.2) is 9.97 Å². The lowest BCUT2D eigenvalue weighted by Gasteiger charge is -2.22. The number of carbonyl (C=O) groups excluding carboxylic acids is 1. The minimum Gasteiger partial charge on any atom is -0.383 e. The van der Waals surface area contributed by atoms with Crippen molar-refractivity contribution in [2.75, 3.05) is 18.9 Å². The Bertz CT molecular complexity index is 1210. The molecule has 1 saturated heterocycles. The first-order valence-electron chi connectivity index (χ1n) is 11.6. The summed E-state index contributed by atoms with van der Waals surface area (Å²) in [6.45, 7) is 1.88. The van der Waals surface area contributed by atoms with Gasteiger partial charge in [0.05, 0.1) is 17.6 Å². The molecule has 0 spiro atoms. The lowest BCUT2D eigenvalue weighted by Crippen LogP contribution is -2.23. The smallest absolute Gasteiger partial charge is 0.163 e. The van der Waals surface area contributed by atoms with Crippen molar-refractivity contribution in [2.45, 2.75) is 51.4 Å². The van der Waals surface area contributed by atoms with Gasteiger partial charge in [0.25, 0.3) is 0 Å². The molecule has 5 rings (SSSR count). The molecular formula is C26H28N4O3. The van der Waals surface area contributed by atoms with E-state index in [1.807, 2.05) is 35.0 Å². The van der Waals surface area contributed by atoms with Crippen LogP contribution in [0.4, 0.5) is 5.82 Å². The number of aromatic nitrogens is 3. The minimum atomic E-state index is -0.130. The number of benzene rings is 1. The molecule has 170 valence electrons. The van der Waals surface area contributed by atoms with Crippen LogP contribution < -0.4 is 5.73 Å². The maximum Gasteiger partial charge on any atom is 0.163 e. The number of ketones is 1. The van der Waals surface area contributed by atoms with Crippen LogP contribution in [-0.4, -0.2) is 39.8 Å². The standard InChI is InChI=1S/C26H28N4O3/c27-25-24-21(10-9-18-4-3-5-20(14-18)22(31)15-19-7-8-19)16-30(26(24)29-17-28-25)11-13-33-23-6-1-2-12-32-23/h3-5,14,16-17,19,23H,1-2,6-8,11-13,15H2,(H2,27,28,29). The van der Waals surface area contributed by atoms with Crippen molar-refractivity contribution < 1.29 is 14.3 Å². The summed E-state index contributed by atoms with van der Waals surface area (Å²) in [6.07, 6.45) is 9.39. The summed E-state index contributed by atoms with van der Waals surface area (Å²) in [4.78, 5) is 21.0. The summed E-state index contributed by atoms with van der Waals surface area (Å²) >= 11 is 0. The average Bonchev–Trinajstić information content (AvgIpc) is 3.58. The number of Topliss-reactive ketones (excluding diaryl/α,β-unsaturated/α-hetero) is 1. The van der Waals surface area contributed by atoms with E-state index >= 15 is 0 Å². The number of hydrogen-bond acceptors (Lipinski definition) is 6. The third-order valence-corrected chi connectivity index (χ3v) is 6.15. The largest absolute Gasteiger partial charge is 0.383 e. The van der Waals surface area contributed by atoms with Gasteiger partial charge in [-0.3, -0.25) is 4.79 Å². The van der Waals surface area contributed by atoms with Gasteiger partial charge >= 0.3 is 0 Å². The maximum absolute atomic E-state index is 12.5. The van der Waals surface area contributed by atoms with Crippen molar-refractivity contribution in [2.24, 2.45) is 5.92 Å². The van der Waals surface area contributed by atoms with Crippen molar-refractivity contribution in [3.63, 3.8) is 0 Å². The minimum absolute atomic E-state index is 0.130. The molecule has 2 N–H and O–H groups in total. The Labute approximate surface area is 193 Å². The average molecular weight is 445 g/mol. The molecule has 0 radical (unpaired) electrons. The Morgan fingerprint density at radius 3 is 2.94 bits per heavy atom. The van der Waals surface area contributed by atoms with Gasteiger partial charge in [-0.1, -0.05) is 24.0 Å². The van der Waals surface area contributed by atoms with Crippen LogP contribution in [0.3, 0.4) is 0 Å². The number of anilines is 1. The molecule has 1 saturated carbocycles. The SMILES string of the molecule is Nc1ncnc2c1c(C#Cc1cccc(C(=O)CC3CC3)c1)cn2CCOC1CCCCO1. The fraction of sp³-hybridized carbons (Fsp3) is 0.423. The molecule has 1 aliphatic heterocycles. The highest BCUT2D eigenvalue weighted by Crippen LogP contribution is 2.33. The molecule has 7 heteroatoms. The van der Waals surface area contributed by atoms with E-state index in [0.29, 0.717) is 31.3 Å². The van der Waals surface area contributed by atoms with E-state index in [9.17, 15) is 4.79 Å². The molecule has 3 aromatic rings. The van der Waals surface area contributed by atoms with E-state index < -0.39 is 0 Å².